The second kappa shape index (κ2) is 10.8. The monoisotopic (exact) mass is 363 g/mol. The van der Waals surface area contributed by atoms with Crippen molar-refractivity contribution in [3.8, 4) is 0 Å². The minimum absolute atomic E-state index is 0.0197. The molecule has 1 aromatic rings. The van der Waals surface area contributed by atoms with Gasteiger partial charge in [-0.05, 0) is 43.9 Å². The van der Waals surface area contributed by atoms with Gasteiger partial charge in [0.25, 0.3) is 0 Å². The summed E-state index contributed by atoms with van der Waals surface area (Å²) in [4.78, 5) is 25.9. The van der Waals surface area contributed by atoms with Crippen LogP contribution in [0.5, 0.6) is 0 Å². The maximum absolute atomic E-state index is 13.3. The van der Waals surface area contributed by atoms with Crippen molar-refractivity contribution in [3.05, 3.63) is 35.6 Å². The van der Waals surface area contributed by atoms with Crippen LogP contribution in [0.15, 0.2) is 24.3 Å². The number of hydrogen-bond donors (Lipinski definition) is 2. The molecule has 2 rings (SSSR count). The van der Waals surface area contributed by atoms with Gasteiger partial charge in [0.2, 0.25) is 5.91 Å². The summed E-state index contributed by atoms with van der Waals surface area (Å²) in [7, 11) is 0. The molecule has 0 aromatic heterocycles. The lowest BCUT2D eigenvalue weighted by Crippen LogP contribution is -2.43. The summed E-state index contributed by atoms with van der Waals surface area (Å²) in [5.41, 5.74) is 0.783. The van der Waals surface area contributed by atoms with Gasteiger partial charge in [-0.3, -0.25) is 4.79 Å². The summed E-state index contributed by atoms with van der Waals surface area (Å²) in [5, 5.41) is 5.83. The van der Waals surface area contributed by atoms with E-state index in [1.54, 1.807) is 11.0 Å². The normalized spacial score (nSPS) is 14.7. The van der Waals surface area contributed by atoms with Crippen LogP contribution in [-0.2, 0) is 11.3 Å². The van der Waals surface area contributed by atoms with Crippen molar-refractivity contribution in [2.24, 2.45) is 0 Å². The van der Waals surface area contributed by atoms with E-state index >= 15 is 0 Å². The lowest BCUT2D eigenvalue weighted by atomic mass is 9.96. The second-order valence-corrected chi connectivity index (χ2v) is 6.88. The van der Waals surface area contributed by atoms with Gasteiger partial charge >= 0.3 is 6.03 Å². The van der Waals surface area contributed by atoms with E-state index in [0.717, 1.165) is 18.4 Å². The van der Waals surface area contributed by atoms with E-state index in [-0.39, 0.29) is 23.8 Å². The first-order valence-electron chi connectivity index (χ1n) is 9.65. The molecule has 0 atom stereocenters. The van der Waals surface area contributed by atoms with Crippen LogP contribution in [0.3, 0.4) is 0 Å². The molecule has 0 heterocycles. The highest BCUT2D eigenvalue weighted by molar-refractivity contribution is 5.76. The Labute approximate surface area is 155 Å². The summed E-state index contributed by atoms with van der Waals surface area (Å²) < 4.78 is 13.3. The first-order valence-corrected chi connectivity index (χ1v) is 9.65. The van der Waals surface area contributed by atoms with Crippen LogP contribution in [-0.4, -0.2) is 36.0 Å². The van der Waals surface area contributed by atoms with Crippen molar-refractivity contribution in [2.75, 3.05) is 13.1 Å². The smallest absolute Gasteiger partial charge is 0.315 e. The summed E-state index contributed by atoms with van der Waals surface area (Å²) in [6.45, 7) is 3.36. The minimum Gasteiger partial charge on any atom is -0.339 e. The fraction of sp³-hybridized carbons (Fsp3) is 0.600. The number of halogens is 1. The molecular weight excluding hydrogens is 333 g/mol. The molecule has 144 valence electrons. The summed E-state index contributed by atoms with van der Waals surface area (Å²) in [6.07, 6.45) is 6.68. The van der Waals surface area contributed by atoms with Crippen LogP contribution < -0.4 is 10.6 Å². The van der Waals surface area contributed by atoms with Gasteiger partial charge < -0.3 is 15.5 Å². The molecule has 5 nitrogen and oxygen atoms in total. The molecule has 1 saturated carbocycles. The Morgan fingerprint density at radius 1 is 1.23 bits per heavy atom. The van der Waals surface area contributed by atoms with Crippen LogP contribution in [0.4, 0.5) is 9.18 Å². The number of amides is 3. The highest BCUT2D eigenvalue weighted by Crippen LogP contribution is 2.17. The van der Waals surface area contributed by atoms with E-state index in [9.17, 15) is 14.0 Å². The molecule has 2 N–H and O–H groups in total. The third-order valence-corrected chi connectivity index (χ3v) is 4.79. The van der Waals surface area contributed by atoms with Crippen LogP contribution in [0.25, 0.3) is 0 Å². The Kier molecular flexibility index (Phi) is 8.38. The standard InChI is InChI=1S/C20H30FN3O2/c1-2-24(15-16-8-6-9-17(21)14-16)19(25)12-7-13-22-20(26)23-18-10-4-3-5-11-18/h6,8-9,14,18H,2-5,7,10-13,15H2,1H3,(H2,22,23,26). The summed E-state index contributed by atoms with van der Waals surface area (Å²) in [6, 6.07) is 6.45. The highest BCUT2D eigenvalue weighted by Gasteiger charge is 2.16. The predicted molar refractivity (Wildman–Crippen MR) is 100 cm³/mol. The molecule has 0 aliphatic heterocycles. The highest BCUT2D eigenvalue weighted by atomic mass is 19.1. The van der Waals surface area contributed by atoms with E-state index in [1.807, 2.05) is 13.0 Å². The molecule has 1 aromatic carbocycles. The van der Waals surface area contributed by atoms with Crippen molar-refractivity contribution in [2.45, 2.75) is 64.5 Å². The molecule has 0 radical (unpaired) electrons. The molecular formula is C20H30FN3O2. The second-order valence-electron chi connectivity index (χ2n) is 6.88. The topological polar surface area (TPSA) is 61.4 Å². The fourth-order valence-corrected chi connectivity index (χ4v) is 3.32. The van der Waals surface area contributed by atoms with Crippen molar-refractivity contribution in [1.82, 2.24) is 15.5 Å². The Bertz CT molecular complexity index is 588. The molecule has 0 spiro atoms. The van der Waals surface area contributed by atoms with Gasteiger partial charge in [-0.1, -0.05) is 31.4 Å². The van der Waals surface area contributed by atoms with Crippen molar-refractivity contribution < 1.29 is 14.0 Å². The average Bonchev–Trinajstić information content (AvgIpc) is 2.64. The molecule has 0 bridgehead atoms. The molecule has 6 heteroatoms. The Morgan fingerprint density at radius 3 is 2.69 bits per heavy atom. The molecule has 0 saturated heterocycles. The van der Waals surface area contributed by atoms with Gasteiger partial charge in [-0.15, -0.1) is 0 Å². The zero-order valence-corrected chi connectivity index (χ0v) is 15.6. The van der Waals surface area contributed by atoms with Gasteiger partial charge in [0.05, 0.1) is 0 Å². The number of hydrogen-bond acceptors (Lipinski definition) is 2. The number of nitrogens with one attached hydrogen (secondary N) is 2. The van der Waals surface area contributed by atoms with Crippen molar-refractivity contribution >= 4 is 11.9 Å². The van der Waals surface area contributed by atoms with E-state index in [0.29, 0.717) is 32.5 Å². The number of carbonyl (C=O) groups is 2. The van der Waals surface area contributed by atoms with Crippen molar-refractivity contribution in [1.29, 1.82) is 0 Å². The molecule has 1 aliphatic rings. The van der Waals surface area contributed by atoms with Gasteiger partial charge in [0.15, 0.2) is 0 Å². The van der Waals surface area contributed by atoms with E-state index in [1.165, 1.54) is 31.4 Å². The van der Waals surface area contributed by atoms with E-state index in [2.05, 4.69) is 10.6 Å². The van der Waals surface area contributed by atoms with E-state index in [4.69, 9.17) is 0 Å². The molecule has 3 amide bonds. The zero-order valence-electron chi connectivity index (χ0n) is 15.6. The number of benzene rings is 1. The lowest BCUT2D eigenvalue weighted by Gasteiger charge is -2.23. The average molecular weight is 363 g/mol. The van der Waals surface area contributed by atoms with Crippen molar-refractivity contribution in [3.63, 3.8) is 0 Å². The van der Waals surface area contributed by atoms with Gasteiger partial charge in [0, 0.05) is 32.1 Å². The Balaban J connectivity index is 1.65. The summed E-state index contributed by atoms with van der Waals surface area (Å²) in [5.74, 6) is -0.273. The molecule has 0 unspecified atom stereocenters. The number of rotatable bonds is 8. The lowest BCUT2D eigenvalue weighted by molar-refractivity contribution is -0.131. The SMILES string of the molecule is CCN(Cc1cccc(F)c1)C(=O)CCCNC(=O)NC1CCCCC1. The van der Waals surface area contributed by atoms with E-state index < -0.39 is 0 Å². The third kappa shape index (κ3) is 7.02. The Hall–Kier alpha value is -2.11. The quantitative estimate of drug-likeness (QED) is 0.694. The first-order chi connectivity index (χ1) is 12.6. The maximum atomic E-state index is 13.3. The fourth-order valence-electron chi connectivity index (χ4n) is 3.32. The van der Waals surface area contributed by atoms with Crippen LogP contribution in [0.1, 0.15) is 57.4 Å². The molecule has 26 heavy (non-hydrogen) atoms. The number of urea groups is 1. The number of nitrogens with zero attached hydrogens (tertiary/aromatic N) is 1. The van der Waals surface area contributed by atoms with Gasteiger partial charge in [0.1, 0.15) is 5.82 Å². The van der Waals surface area contributed by atoms with Crippen LogP contribution >= 0.6 is 0 Å². The maximum Gasteiger partial charge on any atom is 0.315 e. The molecule has 1 fully saturated rings. The minimum atomic E-state index is -0.292. The first kappa shape index (κ1) is 20.2. The Morgan fingerprint density at radius 2 is 2.00 bits per heavy atom. The largest absolute Gasteiger partial charge is 0.339 e. The van der Waals surface area contributed by atoms with Gasteiger partial charge in [-0.25, -0.2) is 9.18 Å². The van der Waals surface area contributed by atoms with Crippen LogP contribution in [0, 0.1) is 5.82 Å². The number of carbonyl (C=O) groups excluding carboxylic acids is 2. The summed E-state index contributed by atoms with van der Waals surface area (Å²) >= 11 is 0. The zero-order chi connectivity index (χ0) is 18.8. The third-order valence-electron chi connectivity index (χ3n) is 4.79. The molecule has 1 aliphatic carbocycles. The van der Waals surface area contributed by atoms with Crippen LogP contribution in [0.2, 0.25) is 0 Å². The van der Waals surface area contributed by atoms with Gasteiger partial charge in [-0.2, -0.15) is 0 Å². The predicted octanol–water partition coefficient (Wildman–Crippen LogP) is 3.59.